The third kappa shape index (κ3) is 4.04. The summed E-state index contributed by atoms with van der Waals surface area (Å²) in [7, 11) is 0. The molecule has 0 saturated carbocycles. The molecule has 6 heterocycles. The number of piperidine rings is 1. The summed E-state index contributed by atoms with van der Waals surface area (Å²) in [5.41, 5.74) is 2.14. The minimum atomic E-state index is -1.11. The molecule has 2 N–H and O–H groups in total. The van der Waals surface area contributed by atoms with Gasteiger partial charge in [0.05, 0.1) is 22.9 Å². The van der Waals surface area contributed by atoms with Crippen molar-refractivity contribution in [2.24, 2.45) is 0 Å². The number of halogens is 2. The monoisotopic (exact) mass is 482 g/mol. The molecule has 35 heavy (non-hydrogen) atoms. The van der Waals surface area contributed by atoms with Gasteiger partial charge in [-0.25, -0.2) is 13.8 Å². The minimum absolute atomic E-state index is 0.0310. The summed E-state index contributed by atoms with van der Waals surface area (Å²) >= 11 is 0. The molecule has 3 aromatic rings. The molecule has 9 nitrogen and oxygen atoms in total. The summed E-state index contributed by atoms with van der Waals surface area (Å²) in [6.07, 6.45) is 0.670. The van der Waals surface area contributed by atoms with Crippen LogP contribution in [0.2, 0.25) is 0 Å². The van der Waals surface area contributed by atoms with Crippen LogP contribution < -0.4 is 20.9 Å². The van der Waals surface area contributed by atoms with E-state index in [0.717, 1.165) is 0 Å². The first-order valence-electron chi connectivity index (χ1n) is 11.7. The molecule has 0 spiro atoms. The van der Waals surface area contributed by atoms with Gasteiger partial charge in [-0.15, -0.1) is 0 Å². The summed E-state index contributed by atoms with van der Waals surface area (Å²) in [5, 5.41) is 5.91. The van der Waals surface area contributed by atoms with E-state index in [9.17, 15) is 14.0 Å². The molecule has 6 rings (SSSR count). The Morgan fingerprint density at radius 2 is 2.09 bits per heavy atom. The Labute approximate surface area is 199 Å². The van der Waals surface area contributed by atoms with E-state index < -0.39 is 12.0 Å². The molecule has 3 atom stereocenters. The summed E-state index contributed by atoms with van der Waals surface area (Å²) in [6, 6.07) is 6.26. The number of alkyl halides is 1. The van der Waals surface area contributed by atoms with E-state index in [1.807, 2.05) is 4.90 Å². The van der Waals surface area contributed by atoms with E-state index in [2.05, 4.69) is 20.6 Å². The van der Waals surface area contributed by atoms with E-state index >= 15 is 4.39 Å². The third-order valence-electron chi connectivity index (χ3n) is 6.98. The largest absolute Gasteiger partial charge is 0.480 e. The maximum absolute atomic E-state index is 15.1. The van der Waals surface area contributed by atoms with Crippen LogP contribution in [-0.4, -0.2) is 63.8 Å². The van der Waals surface area contributed by atoms with Gasteiger partial charge in [-0.2, -0.15) is 0 Å². The van der Waals surface area contributed by atoms with E-state index in [1.165, 1.54) is 12.3 Å². The van der Waals surface area contributed by atoms with Crippen LogP contribution in [0.3, 0.4) is 0 Å². The van der Waals surface area contributed by atoms with Crippen molar-refractivity contribution in [3.63, 3.8) is 0 Å². The number of aromatic nitrogens is 3. The molecule has 0 radical (unpaired) electrons. The summed E-state index contributed by atoms with van der Waals surface area (Å²) < 4.78 is 36.7. The second kappa shape index (κ2) is 8.65. The normalized spacial score (nSPS) is 23.7. The Morgan fingerprint density at radius 3 is 2.94 bits per heavy atom. The molecule has 0 aliphatic carbocycles. The van der Waals surface area contributed by atoms with Crippen LogP contribution in [0.1, 0.15) is 23.6 Å². The van der Waals surface area contributed by atoms with Crippen molar-refractivity contribution in [3.8, 4) is 5.75 Å². The molecule has 3 aliphatic rings. The molecular weight excluding hydrogens is 458 g/mol. The highest BCUT2D eigenvalue weighted by Crippen LogP contribution is 2.35. The van der Waals surface area contributed by atoms with Crippen molar-refractivity contribution < 1.29 is 18.3 Å². The molecule has 182 valence electrons. The molecule has 11 heteroatoms. The SMILES string of the molecule is O=C1COc2ccc(CN[C@@H]3CCN(CC4Cn5c(=O)ccc6ncc(F)c4c65)C[C@@H]3F)nc2N1. The predicted molar refractivity (Wildman–Crippen MR) is 124 cm³/mol. The van der Waals surface area contributed by atoms with Gasteiger partial charge in [0, 0.05) is 49.8 Å². The summed E-state index contributed by atoms with van der Waals surface area (Å²) in [6.45, 7) is 2.03. The van der Waals surface area contributed by atoms with Crippen LogP contribution in [0, 0.1) is 5.82 Å². The van der Waals surface area contributed by atoms with Gasteiger partial charge in [-0.3, -0.25) is 19.5 Å². The molecule has 1 saturated heterocycles. The van der Waals surface area contributed by atoms with E-state index in [1.54, 1.807) is 22.8 Å². The number of carbonyl (C=O) groups is 1. The van der Waals surface area contributed by atoms with Crippen LogP contribution in [0.25, 0.3) is 11.0 Å². The van der Waals surface area contributed by atoms with Crippen molar-refractivity contribution >= 4 is 22.8 Å². The quantitative estimate of drug-likeness (QED) is 0.569. The van der Waals surface area contributed by atoms with Crippen molar-refractivity contribution in [2.75, 3.05) is 31.6 Å². The highest BCUT2D eigenvalue weighted by Gasteiger charge is 2.34. The fourth-order valence-electron chi connectivity index (χ4n) is 5.31. The van der Waals surface area contributed by atoms with Gasteiger partial charge >= 0.3 is 0 Å². The molecule has 1 fully saturated rings. The lowest BCUT2D eigenvalue weighted by atomic mass is 9.97. The average molecular weight is 482 g/mol. The van der Waals surface area contributed by atoms with Gasteiger partial charge in [-0.1, -0.05) is 0 Å². The number of hydrogen-bond donors (Lipinski definition) is 2. The van der Waals surface area contributed by atoms with Gasteiger partial charge < -0.3 is 19.9 Å². The third-order valence-corrected chi connectivity index (χ3v) is 6.98. The molecule has 0 bridgehead atoms. The standard InChI is InChI=1S/C24H24F2N6O3/c25-15-8-28-18-2-4-21(34)32-10-13(22(15)23(18)32)9-31-6-5-17(16(26)11-31)27-7-14-1-3-19-24(29-14)30-20(33)12-35-19/h1-4,8,13,16-17,27H,5-7,9-12H2,(H,29,30,33)/t13?,16-,17+/m0/s1. The van der Waals surface area contributed by atoms with Crippen molar-refractivity contribution in [2.45, 2.75) is 37.6 Å². The predicted octanol–water partition coefficient (Wildman–Crippen LogP) is 1.56. The van der Waals surface area contributed by atoms with E-state index in [0.29, 0.717) is 66.5 Å². The van der Waals surface area contributed by atoms with E-state index in [-0.39, 0.29) is 36.6 Å². The van der Waals surface area contributed by atoms with Crippen LogP contribution in [0.4, 0.5) is 14.6 Å². The van der Waals surface area contributed by atoms with Crippen molar-refractivity contribution in [1.82, 2.24) is 24.8 Å². The lowest BCUT2D eigenvalue weighted by Gasteiger charge is -2.36. The number of amides is 1. The molecule has 1 amide bonds. The Kier molecular flexibility index (Phi) is 5.45. The summed E-state index contributed by atoms with van der Waals surface area (Å²) in [4.78, 5) is 34.3. The molecule has 1 unspecified atom stereocenters. The van der Waals surface area contributed by atoms with Crippen molar-refractivity contribution in [1.29, 1.82) is 0 Å². The van der Waals surface area contributed by atoms with E-state index in [4.69, 9.17) is 4.74 Å². The van der Waals surface area contributed by atoms with Gasteiger partial charge in [0.1, 0.15) is 12.0 Å². The highest BCUT2D eigenvalue weighted by atomic mass is 19.1. The zero-order valence-electron chi connectivity index (χ0n) is 18.8. The van der Waals surface area contributed by atoms with Gasteiger partial charge in [0.2, 0.25) is 0 Å². The number of anilines is 1. The fourth-order valence-corrected chi connectivity index (χ4v) is 5.31. The lowest BCUT2D eigenvalue weighted by molar-refractivity contribution is -0.118. The maximum Gasteiger partial charge on any atom is 0.263 e. The highest BCUT2D eigenvalue weighted by molar-refractivity contribution is 5.94. The Balaban J connectivity index is 1.09. The Hall–Kier alpha value is -3.44. The lowest BCUT2D eigenvalue weighted by Crippen LogP contribution is -2.51. The number of likely N-dealkylation sites (tertiary alicyclic amines) is 1. The summed E-state index contributed by atoms with van der Waals surface area (Å²) in [5.74, 6) is -0.0178. The fraction of sp³-hybridized carbons (Fsp3) is 0.417. The maximum atomic E-state index is 15.1. The average Bonchev–Trinajstić information content (AvgIpc) is 3.23. The number of nitrogens with zero attached hydrogens (tertiary/aromatic N) is 4. The molecule has 3 aliphatic heterocycles. The first kappa shape index (κ1) is 22.1. The topological polar surface area (TPSA) is 101 Å². The first-order valence-corrected chi connectivity index (χ1v) is 11.7. The molecular formula is C24H24F2N6O3. The Morgan fingerprint density at radius 1 is 1.20 bits per heavy atom. The molecule has 0 aromatic carbocycles. The van der Waals surface area contributed by atoms with Gasteiger partial charge in [-0.05, 0) is 31.2 Å². The van der Waals surface area contributed by atoms with Crippen LogP contribution >= 0.6 is 0 Å². The van der Waals surface area contributed by atoms with Gasteiger partial charge in [0.25, 0.3) is 11.5 Å². The number of ether oxygens (including phenoxy) is 1. The number of pyridine rings is 3. The van der Waals surface area contributed by atoms with Crippen LogP contribution in [-0.2, 0) is 17.9 Å². The smallest absolute Gasteiger partial charge is 0.263 e. The zero-order chi connectivity index (χ0) is 24.1. The second-order valence-corrected chi connectivity index (χ2v) is 9.27. The number of rotatable bonds is 5. The number of hydrogen-bond acceptors (Lipinski definition) is 7. The van der Waals surface area contributed by atoms with Crippen molar-refractivity contribution in [3.05, 3.63) is 57.9 Å². The Bertz CT molecular complexity index is 1380. The van der Waals surface area contributed by atoms with Crippen LogP contribution in [0.5, 0.6) is 5.75 Å². The molecule has 3 aromatic heterocycles. The van der Waals surface area contributed by atoms with Gasteiger partial charge in [0.15, 0.2) is 18.2 Å². The number of nitrogens with one attached hydrogen (secondary N) is 2. The first-order chi connectivity index (χ1) is 17.0. The zero-order valence-corrected chi connectivity index (χ0v) is 18.8. The minimum Gasteiger partial charge on any atom is -0.480 e. The number of fused-ring (bicyclic) bond motifs is 1. The van der Waals surface area contributed by atoms with Crippen LogP contribution in [0.15, 0.2) is 35.3 Å². The second-order valence-electron chi connectivity index (χ2n) is 9.27. The number of carbonyl (C=O) groups excluding carboxylic acids is 1.